The van der Waals surface area contributed by atoms with Crippen LogP contribution in [0.2, 0.25) is 0 Å². The number of para-hydroxylation sites is 1. The summed E-state index contributed by atoms with van der Waals surface area (Å²) < 4.78 is 37.5. The second kappa shape index (κ2) is 6.80. The number of ether oxygens (including phenoxy) is 2. The highest BCUT2D eigenvalue weighted by Crippen LogP contribution is 2.26. The Morgan fingerprint density at radius 2 is 1.75 bits per heavy atom. The number of aliphatic hydroxyl groups excluding tert-OH is 1. The topological polar surface area (TPSA) is 76.1 Å². The van der Waals surface area contributed by atoms with E-state index in [-0.39, 0.29) is 18.0 Å². The Kier molecular flexibility index (Phi) is 4.75. The SMILES string of the molecule is COc1cccc(S(=O)(=O)N2C[C@@H](O)[C@H](Oc3ccccc3)C2)c1. The molecule has 0 amide bonds. The number of nitrogens with zero attached hydrogens (tertiary/aromatic N) is 1. The Labute approximate surface area is 141 Å². The second-order valence-electron chi connectivity index (χ2n) is 5.54. The third-order valence-corrected chi connectivity index (χ3v) is 5.74. The smallest absolute Gasteiger partial charge is 0.243 e. The van der Waals surface area contributed by atoms with Crippen LogP contribution in [-0.2, 0) is 10.0 Å². The highest BCUT2D eigenvalue weighted by molar-refractivity contribution is 7.89. The molecule has 0 saturated carbocycles. The van der Waals surface area contributed by atoms with Gasteiger partial charge in [-0.3, -0.25) is 0 Å². The minimum Gasteiger partial charge on any atom is -0.497 e. The van der Waals surface area contributed by atoms with E-state index < -0.39 is 22.2 Å². The van der Waals surface area contributed by atoms with Gasteiger partial charge in [0.15, 0.2) is 0 Å². The summed E-state index contributed by atoms with van der Waals surface area (Å²) in [6, 6.07) is 15.3. The third kappa shape index (κ3) is 3.38. The molecule has 0 spiro atoms. The fourth-order valence-corrected chi connectivity index (χ4v) is 4.13. The zero-order chi connectivity index (χ0) is 17.2. The number of rotatable bonds is 5. The Morgan fingerprint density at radius 3 is 2.46 bits per heavy atom. The zero-order valence-electron chi connectivity index (χ0n) is 13.2. The van der Waals surface area contributed by atoms with E-state index in [2.05, 4.69) is 0 Å². The Morgan fingerprint density at radius 1 is 1.04 bits per heavy atom. The van der Waals surface area contributed by atoms with Crippen molar-refractivity contribution in [1.29, 1.82) is 0 Å². The van der Waals surface area contributed by atoms with Gasteiger partial charge in [-0.15, -0.1) is 0 Å². The van der Waals surface area contributed by atoms with E-state index in [1.165, 1.54) is 23.5 Å². The number of hydrogen-bond acceptors (Lipinski definition) is 5. The first kappa shape index (κ1) is 16.8. The van der Waals surface area contributed by atoms with E-state index in [9.17, 15) is 13.5 Å². The third-order valence-electron chi connectivity index (χ3n) is 3.91. The van der Waals surface area contributed by atoms with Gasteiger partial charge in [-0.25, -0.2) is 8.42 Å². The summed E-state index contributed by atoms with van der Waals surface area (Å²) in [6.07, 6.45) is -1.49. The summed E-state index contributed by atoms with van der Waals surface area (Å²) in [5, 5.41) is 10.2. The van der Waals surface area contributed by atoms with Crippen molar-refractivity contribution in [1.82, 2.24) is 4.31 Å². The first-order valence-electron chi connectivity index (χ1n) is 7.54. The van der Waals surface area contributed by atoms with Crippen LogP contribution in [0.15, 0.2) is 59.5 Å². The van der Waals surface area contributed by atoms with Crippen LogP contribution in [0, 0.1) is 0 Å². The van der Waals surface area contributed by atoms with Gasteiger partial charge in [0, 0.05) is 12.6 Å². The van der Waals surface area contributed by atoms with Crippen molar-refractivity contribution in [3.8, 4) is 11.5 Å². The standard InChI is InChI=1S/C17H19NO5S/c1-22-14-8-5-9-15(10-14)24(20,21)18-11-16(19)17(12-18)23-13-6-3-2-4-7-13/h2-10,16-17,19H,11-12H2,1H3/t16-,17-/m1/s1. The molecule has 1 N–H and O–H groups in total. The van der Waals surface area contributed by atoms with Crippen LogP contribution in [0.4, 0.5) is 0 Å². The molecule has 1 saturated heterocycles. The van der Waals surface area contributed by atoms with Crippen LogP contribution in [0.25, 0.3) is 0 Å². The summed E-state index contributed by atoms with van der Waals surface area (Å²) >= 11 is 0. The van der Waals surface area contributed by atoms with Crippen LogP contribution in [0.5, 0.6) is 11.5 Å². The number of methoxy groups -OCH3 is 1. The van der Waals surface area contributed by atoms with Crippen molar-refractivity contribution in [2.75, 3.05) is 20.2 Å². The van der Waals surface area contributed by atoms with Gasteiger partial charge in [-0.1, -0.05) is 24.3 Å². The van der Waals surface area contributed by atoms with E-state index in [4.69, 9.17) is 9.47 Å². The number of hydrogen-bond donors (Lipinski definition) is 1. The minimum atomic E-state index is -3.72. The van der Waals surface area contributed by atoms with Crippen LogP contribution in [0.3, 0.4) is 0 Å². The average Bonchev–Trinajstić information content (AvgIpc) is 2.97. The molecular weight excluding hydrogens is 330 g/mol. The zero-order valence-corrected chi connectivity index (χ0v) is 14.0. The van der Waals surface area contributed by atoms with Crippen molar-refractivity contribution in [2.24, 2.45) is 0 Å². The van der Waals surface area contributed by atoms with Crippen molar-refractivity contribution in [2.45, 2.75) is 17.1 Å². The number of benzene rings is 2. The van der Waals surface area contributed by atoms with E-state index in [1.807, 2.05) is 18.2 Å². The lowest BCUT2D eigenvalue weighted by atomic mass is 10.2. The lowest BCUT2D eigenvalue weighted by Gasteiger charge is -2.17. The van der Waals surface area contributed by atoms with E-state index in [0.29, 0.717) is 11.5 Å². The summed E-state index contributed by atoms with van der Waals surface area (Å²) in [4.78, 5) is 0.134. The number of sulfonamides is 1. The molecule has 2 aromatic carbocycles. The van der Waals surface area contributed by atoms with Gasteiger partial charge in [0.2, 0.25) is 10.0 Å². The maximum absolute atomic E-state index is 12.7. The Hall–Kier alpha value is -2.09. The highest BCUT2D eigenvalue weighted by Gasteiger charge is 2.40. The first-order chi connectivity index (χ1) is 11.5. The highest BCUT2D eigenvalue weighted by atomic mass is 32.2. The lowest BCUT2D eigenvalue weighted by Crippen LogP contribution is -2.31. The van der Waals surface area contributed by atoms with Gasteiger partial charge in [-0.05, 0) is 24.3 Å². The van der Waals surface area contributed by atoms with Crippen LogP contribution in [-0.4, -0.2) is 50.2 Å². The quantitative estimate of drug-likeness (QED) is 0.885. The van der Waals surface area contributed by atoms with Crippen LogP contribution < -0.4 is 9.47 Å². The summed E-state index contributed by atoms with van der Waals surface area (Å²) in [7, 11) is -2.23. The number of β-amino-alcohol motifs (C(OH)–C–C–N with tert-alkyl or cyclic N) is 1. The van der Waals surface area contributed by atoms with Crippen molar-refractivity contribution < 1.29 is 23.0 Å². The van der Waals surface area contributed by atoms with Crippen LogP contribution in [0.1, 0.15) is 0 Å². The molecule has 0 radical (unpaired) electrons. The molecule has 128 valence electrons. The molecule has 2 atom stereocenters. The average molecular weight is 349 g/mol. The Balaban J connectivity index is 1.77. The van der Waals surface area contributed by atoms with Crippen molar-refractivity contribution in [3.05, 3.63) is 54.6 Å². The van der Waals surface area contributed by atoms with E-state index >= 15 is 0 Å². The van der Waals surface area contributed by atoms with Crippen LogP contribution >= 0.6 is 0 Å². The molecule has 1 aliphatic rings. The van der Waals surface area contributed by atoms with E-state index in [1.54, 1.807) is 24.3 Å². The molecule has 0 bridgehead atoms. The fraction of sp³-hybridized carbons (Fsp3) is 0.294. The fourth-order valence-electron chi connectivity index (χ4n) is 2.62. The molecule has 1 heterocycles. The largest absolute Gasteiger partial charge is 0.497 e. The molecule has 0 aromatic heterocycles. The molecule has 2 aromatic rings. The Bertz CT molecular complexity index is 794. The monoisotopic (exact) mass is 349 g/mol. The lowest BCUT2D eigenvalue weighted by molar-refractivity contribution is 0.0737. The van der Waals surface area contributed by atoms with Gasteiger partial charge in [0.1, 0.15) is 23.7 Å². The van der Waals surface area contributed by atoms with Crippen molar-refractivity contribution in [3.63, 3.8) is 0 Å². The minimum absolute atomic E-state index is 0.00293. The molecule has 7 heteroatoms. The molecule has 6 nitrogen and oxygen atoms in total. The molecule has 0 unspecified atom stereocenters. The maximum atomic E-state index is 12.7. The normalized spacial score (nSPS) is 21.6. The van der Waals surface area contributed by atoms with Gasteiger partial charge < -0.3 is 14.6 Å². The van der Waals surface area contributed by atoms with Gasteiger partial charge >= 0.3 is 0 Å². The molecule has 24 heavy (non-hydrogen) atoms. The number of aliphatic hydroxyl groups is 1. The molecule has 1 aliphatic heterocycles. The predicted octanol–water partition coefficient (Wildman–Crippen LogP) is 1.51. The van der Waals surface area contributed by atoms with E-state index in [0.717, 1.165) is 0 Å². The van der Waals surface area contributed by atoms with Gasteiger partial charge in [0.05, 0.1) is 18.6 Å². The molecule has 0 aliphatic carbocycles. The molecule has 3 rings (SSSR count). The summed E-state index contributed by atoms with van der Waals surface area (Å²) in [5.74, 6) is 1.06. The first-order valence-corrected chi connectivity index (χ1v) is 8.98. The van der Waals surface area contributed by atoms with Gasteiger partial charge in [0.25, 0.3) is 0 Å². The predicted molar refractivity (Wildman–Crippen MR) is 88.6 cm³/mol. The summed E-state index contributed by atoms with van der Waals surface area (Å²) in [5.41, 5.74) is 0. The molecular formula is C17H19NO5S. The van der Waals surface area contributed by atoms with Crippen molar-refractivity contribution >= 4 is 10.0 Å². The van der Waals surface area contributed by atoms with Gasteiger partial charge in [-0.2, -0.15) is 4.31 Å². The summed E-state index contributed by atoms with van der Waals surface area (Å²) in [6.45, 7) is 0.0899. The maximum Gasteiger partial charge on any atom is 0.243 e. The molecule has 1 fully saturated rings. The second-order valence-corrected chi connectivity index (χ2v) is 7.48.